The maximum atomic E-state index is 12.9. The maximum absolute atomic E-state index is 12.9. The van der Waals surface area contributed by atoms with Crippen LogP contribution in [0.5, 0.6) is 5.75 Å². The minimum absolute atomic E-state index is 0.289. The summed E-state index contributed by atoms with van der Waals surface area (Å²) in [6, 6.07) is 18.1. The molecular weight excluding hydrogens is 368 g/mol. The number of carbonyl (C=O) groups excluding carboxylic acids is 1. The number of nitrogens with zero attached hydrogens (tertiary/aromatic N) is 3. The van der Waals surface area contributed by atoms with Crippen LogP contribution in [0.15, 0.2) is 71.4 Å². The number of hydrogen-bond donors (Lipinski definition) is 1. The maximum Gasteiger partial charge on any atom is 0.260 e. The molecule has 2 aromatic heterocycles. The van der Waals surface area contributed by atoms with Gasteiger partial charge in [-0.3, -0.25) is 9.78 Å². The Hall–Kier alpha value is -4.00. The van der Waals surface area contributed by atoms with Crippen molar-refractivity contribution in [2.45, 2.75) is 6.92 Å². The van der Waals surface area contributed by atoms with Crippen molar-refractivity contribution in [1.29, 1.82) is 0 Å². The molecule has 0 bridgehead atoms. The zero-order valence-corrected chi connectivity index (χ0v) is 15.9. The number of pyridine rings is 1. The lowest BCUT2D eigenvalue weighted by molar-refractivity contribution is 0.102. The van der Waals surface area contributed by atoms with Crippen LogP contribution >= 0.6 is 0 Å². The van der Waals surface area contributed by atoms with Gasteiger partial charge in [0.15, 0.2) is 0 Å². The molecule has 1 amide bonds. The zero-order chi connectivity index (χ0) is 20.2. The van der Waals surface area contributed by atoms with Crippen LogP contribution in [0.3, 0.4) is 0 Å². The molecule has 1 N–H and O–H groups in total. The van der Waals surface area contributed by atoms with Crippen LogP contribution in [-0.4, -0.2) is 28.1 Å². The minimum atomic E-state index is -0.289. The number of anilines is 1. The van der Waals surface area contributed by atoms with E-state index in [1.54, 1.807) is 37.6 Å². The fraction of sp³-hybridized carbons (Fsp3) is 0.0909. The molecule has 0 unspecified atom stereocenters. The lowest BCUT2D eigenvalue weighted by Crippen LogP contribution is -2.14. The molecule has 0 aliphatic heterocycles. The van der Waals surface area contributed by atoms with Gasteiger partial charge in [0.1, 0.15) is 11.4 Å². The van der Waals surface area contributed by atoms with E-state index in [-0.39, 0.29) is 11.8 Å². The molecule has 2 heterocycles. The smallest absolute Gasteiger partial charge is 0.260 e. The fourth-order valence-corrected chi connectivity index (χ4v) is 3.00. The Bertz CT molecular complexity index is 1160. The summed E-state index contributed by atoms with van der Waals surface area (Å²) in [7, 11) is 1.55. The monoisotopic (exact) mass is 386 g/mol. The van der Waals surface area contributed by atoms with E-state index in [0.717, 1.165) is 5.56 Å². The number of para-hydroxylation sites is 2. The second-order valence-corrected chi connectivity index (χ2v) is 6.29. The standard InChI is InChI=1S/C22H18N4O3/c1-14-8-7-10-16(19(14)28-2)21(27)24-17-11-4-3-9-15(17)22-25-20(26-29-22)18-12-5-6-13-23-18/h3-13H,1-2H3,(H,24,27). The number of nitrogens with one attached hydrogen (secondary N) is 1. The highest BCUT2D eigenvalue weighted by atomic mass is 16.5. The Kier molecular flexibility index (Phi) is 5.03. The van der Waals surface area contributed by atoms with Crippen LogP contribution in [0.25, 0.3) is 23.0 Å². The highest BCUT2D eigenvalue weighted by Crippen LogP contribution is 2.30. The third-order valence-corrected chi connectivity index (χ3v) is 4.39. The first-order chi connectivity index (χ1) is 14.2. The van der Waals surface area contributed by atoms with E-state index >= 15 is 0 Å². The summed E-state index contributed by atoms with van der Waals surface area (Å²) in [4.78, 5) is 21.5. The van der Waals surface area contributed by atoms with Crippen molar-refractivity contribution in [2.75, 3.05) is 12.4 Å². The number of rotatable bonds is 5. The highest BCUT2D eigenvalue weighted by Gasteiger charge is 2.18. The number of amides is 1. The van der Waals surface area contributed by atoms with Gasteiger partial charge in [-0.1, -0.05) is 35.5 Å². The summed E-state index contributed by atoms with van der Waals surface area (Å²) in [5.74, 6) is 0.917. The average molecular weight is 386 g/mol. The number of benzene rings is 2. The molecule has 4 rings (SSSR count). The fourth-order valence-electron chi connectivity index (χ4n) is 3.00. The van der Waals surface area contributed by atoms with Gasteiger partial charge < -0.3 is 14.6 Å². The van der Waals surface area contributed by atoms with Crippen molar-refractivity contribution >= 4 is 11.6 Å². The number of aromatic nitrogens is 3. The molecule has 0 radical (unpaired) electrons. The quantitative estimate of drug-likeness (QED) is 0.548. The molecular formula is C22H18N4O3. The molecule has 0 spiro atoms. The predicted molar refractivity (Wildman–Crippen MR) is 109 cm³/mol. The normalized spacial score (nSPS) is 10.6. The largest absolute Gasteiger partial charge is 0.496 e. The SMILES string of the molecule is COc1c(C)cccc1C(=O)Nc1ccccc1-c1nc(-c2ccccn2)no1. The van der Waals surface area contributed by atoms with Crippen LogP contribution < -0.4 is 10.1 Å². The average Bonchev–Trinajstić information content (AvgIpc) is 3.24. The van der Waals surface area contributed by atoms with E-state index in [2.05, 4.69) is 20.4 Å². The summed E-state index contributed by atoms with van der Waals surface area (Å²) in [6.07, 6.45) is 1.66. The number of carbonyl (C=O) groups is 1. The van der Waals surface area contributed by atoms with Gasteiger partial charge >= 0.3 is 0 Å². The summed E-state index contributed by atoms with van der Waals surface area (Å²) >= 11 is 0. The molecule has 7 nitrogen and oxygen atoms in total. The van der Waals surface area contributed by atoms with Gasteiger partial charge in [-0.15, -0.1) is 0 Å². The Labute approximate surface area is 167 Å². The Morgan fingerprint density at radius 3 is 2.66 bits per heavy atom. The number of ether oxygens (including phenoxy) is 1. The van der Waals surface area contributed by atoms with Crippen molar-refractivity contribution in [2.24, 2.45) is 0 Å². The van der Waals surface area contributed by atoms with E-state index in [4.69, 9.17) is 9.26 Å². The molecule has 144 valence electrons. The van der Waals surface area contributed by atoms with Crippen LogP contribution in [0.4, 0.5) is 5.69 Å². The predicted octanol–water partition coefficient (Wildman–Crippen LogP) is 4.37. The molecule has 0 atom stereocenters. The van der Waals surface area contributed by atoms with Gasteiger partial charge in [0, 0.05) is 6.20 Å². The summed E-state index contributed by atoms with van der Waals surface area (Å²) in [5.41, 5.74) is 3.10. The van der Waals surface area contributed by atoms with E-state index in [1.165, 1.54) is 0 Å². The van der Waals surface area contributed by atoms with Crippen LogP contribution in [0, 0.1) is 6.92 Å². The first-order valence-electron chi connectivity index (χ1n) is 8.97. The lowest BCUT2D eigenvalue weighted by Gasteiger charge is -2.12. The Morgan fingerprint density at radius 1 is 1.03 bits per heavy atom. The van der Waals surface area contributed by atoms with E-state index in [0.29, 0.717) is 34.1 Å². The molecule has 29 heavy (non-hydrogen) atoms. The first kappa shape index (κ1) is 18.4. The van der Waals surface area contributed by atoms with E-state index in [9.17, 15) is 4.79 Å². The third-order valence-electron chi connectivity index (χ3n) is 4.39. The van der Waals surface area contributed by atoms with Crippen molar-refractivity contribution in [1.82, 2.24) is 15.1 Å². The van der Waals surface area contributed by atoms with Gasteiger partial charge in [0.2, 0.25) is 5.82 Å². The molecule has 0 saturated carbocycles. The molecule has 4 aromatic rings. The van der Waals surface area contributed by atoms with E-state index < -0.39 is 0 Å². The van der Waals surface area contributed by atoms with Crippen molar-refractivity contribution in [3.63, 3.8) is 0 Å². The second-order valence-electron chi connectivity index (χ2n) is 6.29. The Morgan fingerprint density at radius 2 is 1.86 bits per heavy atom. The molecule has 0 fully saturated rings. The second kappa shape index (κ2) is 7.93. The van der Waals surface area contributed by atoms with Gasteiger partial charge in [-0.2, -0.15) is 4.98 Å². The highest BCUT2D eigenvalue weighted by molar-refractivity contribution is 6.08. The molecule has 0 aliphatic carbocycles. The Balaban J connectivity index is 1.66. The van der Waals surface area contributed by atoms with Gasteiger partial charge in [-0.05, 0) is 42.8 Å². The minimum Gasteiger partial charge on any atom is -0.496 e. The van der Waals surface area contributed by atoms with E-state index in [1.807, 2.05) is 43.3 Å². The van der Waals surface area contributed by atoms with Gasteiger partial charge in [-0.25, -0.2) is 0 Å². The zero-order valence-electron chi connectivity index (χ0n) is 15.9. The number of methoxy groups -OCH3 is 1. The molecule has 0 saturated heterocycles. The summed E-state index contributed by atoms with van der Waals surface area (Å²) < 4.78 is 10.8. The molecule has 2 aromatic carbocycles. The topological polar surface area (TPSA) is 90.1 Å². The third kappa shape index (κ3) is 3.70. The molecule has 7 heteroatoms. The van der Waals surface area contributed by atoms with Crippen LogP contribution in [0.1, 0.15) is 15.9 Å². The summed E-state index contributed by atoms with van der Waals surface area (Å²) in [5, 5.41) is 6.91. The van der Waals surface area contributed by atoms with Gasteiger partial charge in [0.05, 0.1) is 23.9 Å². The van der Waals surface area contributed by atoms with Crippen molar-refractivity contribution in [3.8, 4) is 28.7 Å². The van der Waals surface area contributed by atoms with Crippen molar-refractivity contribution < 1.29 is 14.1 Å². The number of aryl methyl sites for hydroxylation is 1. The van der Waals surface area contributed by atoms with Gasteiger partial charge in [0.25, 0.3) is 11.8 Å². The number of hydrogen-bond acceptors (Lipinski definition) is 6. The van der Waals surface area contributed by atoms with Crippen LogP contribution in [-0.2, 0) is 0 Å². The molecule has 0 aliphatic rings. The van der Waals surface area contributed by atoms with Crippen molar-refractivity contribution in [3.05, 3.63) is 78.0 Å². The van der Waals surface area contributed by atoms with Crippen LogP contribution in [0.2, 0.25) is 0 Å². The first-order valence-corrected chi connectivity index (χ1v) is 8.97. The lowest BCUT2D eigenvalue weighted by atomic mass is 10.1. The summed E-state index contributed by atoms with van der Waals surface area (Å²) in [6.45, 7) is 1.89.